The van der Waals surface area contributed by atoms with E-state index in [1.165, 1.54) is 0 Å². The number of nitrogens with two attached hydrogens (primary N) is 1. The number of halogens is 1. The second-order valence-corrected chi connectivity index (χ2v) is 4.07. The van der Waals surface area contributed by atoms with E-state index in [0.29, 0.717) is 13.0 Å². The van der Waals surface area contributed by atoms with Crippen molar-refractivity contribution in [3.8, 4) is 0 Å². The fraction of sp³-hybridized carbons (Fsp3) is 0.250. The van der Waals surface area contributed by atoms with E-state index in [9.17, 15) is 9.18 Å². The molecule has 0 fully saturated rings. The summed E-state index contributed by atoms with van der Waals surface area (Å²) in [5, 5.41) is 6.83. The lowest BCUT2D eigenvalue weighted by molar-refractivity contribution is 0.0954. The van der Waals surface area contributed by atoms with Gasteiger partial charge in [-0.2, -0.15) is 5.10 Å². The summed E-state index contributed by atoms with van der Waals surface area (Å²) >= 11 is 0. The van der Waals surface area contributed by atoms with Crippen molar-refractivity contribution in [2.45, 2.75) is 6.42 Å². The molecule has 0 bridgehead atoms. The van der Waals surface area contributed by atoms with Gasteiger partial charge in [0.1, 0.15) is 11.6 Å². The normalized spacial score (nSPS) is 10.4. The van der Waals surface area contributed by atoms with E-state index in [4.69, 9.17) is 5.73 Å². The molecular formula is C12H14FN5O. The third-order valence-corrected chi connectivity index (χ3v) is 2.57. The molecule has 2 aromatic rings. The number of rotatable bonds is 4. The van der Waals surface area contributed by atoms with E-state index in [2.05, 4.69) is 15.4 Å². The fourth-order valence-electron chi connectivity index (χ4n) is 1.63. The van der Waals surface area contributed by atoms with Gasteiger partial charge in [0.15, 0.2) is 0 Å². The van der Waals surface area contributed by atoms with Crippen molar-refractivity contribution in [3.05, 3.63) is 41.6 Å². The predicted octanol–water partition coefficient (Wildman–Crippen LogP) is 0.509. The molecule has 0 radical (unpaired) electrons. The Morgan fingerprint density at radius 2 is 2.37 bits per heavy atom. The molecule has 1 amide bonds. The van der Waals surface area contributed by atoms with Crippen molar-refractivity contribution < 1.29 is 9.18 Å². The highest BCUT2D eigenvalue weighted by Gasteiger charge is 2.11. The number of nitrogens with zero attached hydrogens (tertiary/aromatic N) is 3. The van der Waals surface area contributed by atoms with Crippen LogP contribution in [0.4, 0.5) is 10.2 Å². The zero-order valence-corrected chi connectivity index (χ0v) is 10.4. The summed E-state index contributed by atoms with van der Waals surface area (Å²) in [6, 6.07) is 2.93. The first-order valence-electron chi connectivity index (χ1n) is 5.74. The molecule has 0 atom stereocenters. The Morgan fingerprint density at radius 1 is 1.58 bits per heavy atom. The zero-order valence-electron chi connectivity index (χ0n) is 10.4. The molecule has 0 aliphatic heterocycles. The largest absolute Gasteiger partial charge is 0.383 e. The van der Waals surface area contributed by atoms with E-state index in [1.807, 2.05) is 19.3 Å². The standard InChI is InChI=1S/C12H14FN5O/c1-18-5-3-9(17-18)2-4-15-12(19)10-6-8(13)7-16-11(10)14/h3,5-7H,2,4H2,1H3,(H2,14,16)(H,15,19). The number of pyridine rings is 1. The molecule has 3 N–H and O–H groups in total. The molecular weight excluding hydrogens is 249 g/mol. The van der Waals surface area contributed by atoms with E-state index in [0.717, 1.165) is 18.0 Å². The van der Waals surface area contributed by atoms with Gasteiger partial charge in [-0.15, -0.1) is 0 Å². The molecule has 2 aromatic heterocycles. The van der Waals surface area contributed by atoms with Gasteiger partial charge in [-0.1, -0.05) is 0 Å². The van der Waals surface area contributed by atoms with Crippen molar-refractivity contribution in [2.24, 2.45) is 7.05 Å². The minimum Gasteiger partial charge on any atom is -0.383 e. The number of anilines is 1. The quantitative estimate of drug-likeness (QED) is 0.841. The van der Waals surface area contributed by atoms with Crippen LogP contribution in [0.15, 0.2) is 24.5 Å². The van der Waals surface area contributed by atoms with Crippen LogP contribution in [0.2, 0.25) is 0 Å². The molecule has 2 heterocycles. The van der Waals surface area contributed by atoms with E-state index < -0.39 is 11.7 Å². The van der Waals surface area contributed by atoms with Crippen LogP contribution in [0.5, 0.6) is 0 Å². The highest BCUT2D eigenvalue weighted by molar-refractivity contribution is 5.98. The summed E-state index contributed by atoms with van der Waals surface area (Å²) in [6.45, 7) is 0.395. The summed E-state index contributed by atoms with van der Waals surface area (Å²) in [5.41, 5.74) is 6.43. The zero-order chi connectivity index (χ0) is 13.8. The van der Waals surface area contributed by atoms with E-state index >= 15 is 0 Å². The van der Waals surface area contributed by atoms with Crippen LogP contribution in [0, 0.1) is 5.82 Å². The minimum atomic E-state index is -0.593. The number of aryl methyl sites for hydroxylation is 1. The van der Waals surface area contributed by atoms with Gasteiger partial charge in [0.25, 0.3) is 5.91 Å². The summed E-state index contributed by atoms with van der Waals surface area (Å²) in [7, 11) is 1.82. The average Bonchev–Trinajstić information content (AvgIpc) is 2.78. The first-order valence-corrected chi connectivity index (χ1v) is 5.74. The van der Waals surface area contributed by atoms with Crippen molar-refractivity contribution in [1.82, 2.24) is 20.1 Å². The molecule has 19 heavy (non-hydrogen) atoms. The third kappa shape index (κ3) is 3.27. The molecule has 0 saturated carbocycles. The Kier molecular flexibility index (Phi) is 3.74. The molecule has 0 aliphatic carbocycles. The van der Waals surface area contributed by atoms with Crippen molar-refractivity contribution >= 4 is 11.7 Å². The Morgan fingerprint density at radius 3 is 3.05 bits per heavy atom. The molecule has 7 heteroatoms. The summed E-state index contributed by atoms with van der Waals surface area (Å²) < 4.78 is 14.7. The Hall–Kier alpha value is -2.44. The number of aromatic nitrogens is 3. The number of carbonyl (C=O) groups is 1. The highest BCUT2D eigenvalue weighted by Crippen LogP contribution is 2.09. The van der Waals surface area contributed by atoms with Gasteiger partial charge in [0.05, 0.1) is 17.5 Å². The maximum Gasteiger partial charge on any atom is 0.255 e. The molecule has 0 spiro atoms. The smallest absolute Gasteiger partial charge is 0.255 e. The monoisotopic (exact) mass is 263 g/mol. The van der Waals surface area contributed by atoms with Crippen molar-refractivity contribution in [3.63, 3.8) is 0 Å². The molecule has 0 saturated heterocycles. The van der Waals surface area contributed by atoms with Crippen LogP contribution >= 0.6 is 0 Å². The fourth-order valence-corrected chi connectivity index (χ4v) is 1.63. The maximum absolute atomic E-state index is 13.0. The van der Waals surface area contributed by atoms with Crippen LogP contribution in [-0.4, -0.2) is 27.2 Å². The average molecular weight is 263 g/mol. The Bertz CT molecular complexity index is 596. The maximum atomic E-state index is 13.0. The first kappa shape index (κ1) is 13.0. The van der Waals surface area contributed by atoms with Crippen LogP contribution in [0.25, 0.3) is 0 Å². The number of amides is 1. The van der Waals surface area contributed by atoms with E-state index in [-0.39, 0.29) is 11.4 Å². The number of hydrogen-bond acceptors (Lipinski definition) is 4. The minimum absolute atomic E-state index is 0.0109. The van der Waals surface area contributed by atoms with Gasteiger partial charge in [-0.05, 0) is 12.1 Å². The number of hydrogen-bond donors (Lipinski definition) is 2. The molecule has 0 aromatic carbocycles. The first-order chi connectivity index (χ1) is 9.06. The number of nitrogens with one attached hydrogen (secondary N) is 1. The van der Waals surface area contributed by atoms with Gasteiger partial charge in [-0.25, -0.2) is 9.37 Å². The molecule has 0 aliphatic rings. The topological polar surface area (TPSA) is 85.8 Å². The number of carbonyl (C=O) groups excluding carboxylic acids is 1. The highest BCUT2D eigenvalue weighted by atomic mass is 19.1. The summed E-state index contributed by atoms with van der Waals surface area (Å²) in [4.78, 5) is 15.4. The summed E-state index contributed by atoms with van der Waals surface area (Å²) in [6.07, 6.45) is 3.39. The molecule has 100 valence electrons. The van der Waals surface area contributed by atoms with Gasteiger partial charge < -0.3 is 11.1 Å². The molecule has 0 unspecified atom stereocenters. The Balaban J connectivity index is 1.92. The Labute approximate surface area is 109 Å². The molecule has 2 rings (SSSR count). The molecule has 6 nitrogen and oxygen atoms in total. The van der Waals surface area contributed by atoms with Gasteiger partial charge >= 0.3 is 0 Å². The lowest BCUT2D eigenvalue weighted by Crippen LogP contribution is -2.27. The van der Waals surface area contributed by atoms with Crippen LogP contribution in [0.1, 0.15) is 16.1 Å². The summed E-state index contributed by atoms with van der Waals surface area (Å²) in [5.74, 6) is -1.03. The van der Waals surface area contributed by atoms with Crippen molar-refractivity contribution in [2.75, 3.05) is 12.3 Å². The van der Waals surface area contributed by atoms with Gasteiger partial charge in [-0.3, -0.25) is 9.48 Å². The van der Waals surface area contributed by atoms with Crippen LogP contribution < -0.4 is 11.1 Å². The second kappa shape index (κ2) is 5.47. The second-order valence-electron chi connectivity index (χ2n) is 4.07. The van der Waals surface area contributed by atoms with Crippen LogP contribution in [-0.2, 0) is 13.5 Å². The van der Waals surface area contributed by atoms with Crippen LogP contribution in [0.3, 0.4) is 0 Å². The van der Waals surface area contributed by atoms with Gasteiger partial charge in [0, 0.05) is 26.2 Å². The lowest BCUT2D eigenvalue weighted by Gasteiger charge is -2.06. The van der Waals surface area contributed by atoms with Gasteiger partial charge in [0.2, 0.25) is 0 Å². The third-order valence-electron chi connectivity index (χ3n) is 2.57. The van der Waals surface area contributed by atoms with E-state index in [1.54, 1.807) is 4.68 Å². The predicted molar refractivity (Wildman–Crippen MR) is 67.9 cm³/mol. The number of nitrogen functional groups attached to an aromatic ring is 1. The van der Waals surface area contributed by atoms with Crippen molar-refractivity contribution in [1.29, 1.82) is 0 Å². The lowest BCUT2D eigenvalue weighted by atomic mass is 10.2. The SMILES string of the molecule is Cn1ccc(CCNC(=O)c2cc(F)cnc2N)n1.